The molecule has 120 valence electrons. The van der Waals surface area contributed by atoms with Crippen LogP contribution in [0.25, 0.3) is 22.1 Å². The van der Waals surface area contributed by atoms with Crippen LogP contribution in [0.15, 0.2) is 61.2 Å². The number of aromatic nitrogens is 4. The fraction of sp³-hybridized carbons (Fsp3) is 0.158. The smallest absolute Gasteiger partial charge is 0.121 e. The standard InChI is InChI=1S/C19H19N5/c1-2-11-24(12-18-20-14-7-3-4-8-15(14)21-18)13-19-22-16-9-5-6-10-17(16)23-19/h2-10H,1,11-13H2,(H,20,21)(H,22,23). The van der Waals surface area contributed by atoms with Crippen molar-refractivity contribution in [3.8, 4) is 0 Å². The van der Waals surface area contributed by atoms with Crippen molar-refractivity contribution in [2.75, 3.05) is 6.54 Å². The summed E-state index contributed by atoms with van der Waals surface area (Å²) in [5.74, 6) is 1.91. The van der Waals surface area contributed by atoms with Crippen LogP contribution in [0.2, 0.25) is 0 Å². The average molecular weight is 317 g/mol. The van der Waals surface area contributed by atoms with Gasteiger partial charge < -0.3 is 9.97 Å². The van der Waals surface area contributed by atoms with Crippen molar-refractivity contribution < 1.29 is 0 Å². The number of nitrogens with one attached hydrogen (secondary N) is 2. The lowest BCUT2D eigenvalue weighted by atomic mass is 10.3. The van der Waals surface area contributed by atoms with Gasteiger partial charge in [-0.2, -0.15) is 0 Å². The van der Waals surface area contributed by atoms with E-state index in [1.807, 2.05) is 54.6 Å². The highest BCUT2D eigenvalue weighted by Gasteiger charge is 2.11. The minimum atomic E-state index is 0.720. The molecule has 5 heteroatoms. The van der Waals surface area contributed by atoms with Crippen LogP contribution in [-0.4, -0.2) is 31.4 Å². The van der Waals surface area contributed by atoms with Crippen LogP contribution in [0.1, 0.15) is 11.6 Å². The van der Waals surface area contributed by atoms with E-state index < -0.39 is 0 Å². The summed E-state index contributed by atoms with van der Waals surface area (Å²) < 4.78 is 0. The molecular formula is C19H19N5. The SMILES string of the molecule is C=CCN(Cc1nc2ccccc2[nH]1)Cc1nc2ccccc2[nH]1. The Bertz CT molecular complexity index is 839. The Labute approximate surface area is 140 Å². The molecule has 0 fully saturated rings. The molecule has 2 aromatic heterocycles. The van der Waals surface area contributed by atoms with E-state index in [0.29, 0.717) is 0 Å². The van der Waals surface area contributed by atoms with E-state index in [9.17, 15) is 0 Å². The molecule has 0 saturated carbocycles. The van der Waals surface area contributed by atoms with Crippen LogP contribution in [0, 0.1) is 0 Å². The minimum absolute atomic E-state index is 0.720. The predicted molar refractivity (Wildman–Crippen MR) is 96.5 cm³/mol. The van der Waals surface area contributed by atoms with Gasteiger partial charge in [-0.25, -0.2) is 9.97 Å². The summed E-state index contributed by atoms with van der Waals surface area (Å²) in [7, 11) is 0. The number of H-pyrrole nitrogens is 2. The van der Waals surface area contributed by atoms with Gasteiger partial charge in [-0.1, -0.05) is 30.3 Å². The third-order valence-corrected chi connectivity index (χ3v) is 4.01. The first-order chi connectivity index (χ1) is 11.8. The van der Waals surface area contributed by atoms with E-state index in [1.54, 1.807) is 0 Å². The summed E-state index contributed by atoms with van der Waals surface area (Å²) in [6, 6.07) is 16.2. The van der Waals surface area contributed by atoms with Crippen LogP contribution in [-0.2, 0) is 13.1 Å². The molecule has 0 spiro atoms. The van der Waals surface area contributed by atoms with E-state index in [0.717, 1.165) is 53.3 Å². The quantitative estimate of drug-likeness (QED) is 0.534. The summed E-state index contributed by atoms with van der Waals surface area (Å²) in [6.45, 7) is 6.08. The van der Waals surface area contributed by atoms with E-state index in [-0.39, 0.29) is 0 Å². The van der Waals surface area contributed by atoms with Gasteiger partial charge in [-0.15, -0.1) is 6.58 Å². The molecule has 2 N–H and O–H groups in total. The van der Waals surface area contributed by atoms with Gasteiger partial charge in [0.15, 0.2) is 0 Å². The first kappa shape index (κ1) is 14.7. The lowest BCUT2D eigenvalue weighted by Gasteiger charge is -2.17. The second-order valence-electron chi connectivity index (χ2n) is 5.86. The lowest BCUT2D eigenvalue weighted by Crippen LogP contribution is -2.24. The van der Waals surface area contributed by atoms with Crippen molar-refractivity contribution in [3.05, 3.63) is 72.8 Å². The first-order valence-electron chi connectivity index (χ1n) is 8.02. The Morgan fingerprint density at radius 3 is 1.79 bits per heavy atom. The topological polar surface area (TPSA) is 60.6 Å². The van der Waals surface area contributed by atoms with Crippen molar-refractivity contribution in [2.45, 2.75) is 13.1 Å². The zero-order valence-corrected chi connectivity index (χ0v) is 13.4. The molecule has 0 unspecified atom stereocenters. The third-order valence-electron chi connectivity index (χ3n) is 4.01. The second-order valence-corrected chi connectivity index (χ2v) is 5.86. The highest BCUT2D eigenvalue weighted by Crippen LogP contribution is 2.15. The molecule has 5 nitrogen and oxygen atoms in total. The summed E-state index contributed by atoms with van der Waals surface area (Å²) >= 11 is 0. The monoisotopic (exact) mass is 317 g/mol. The third kappa shape index (κ3) is 2.94. The van der Waals surface area contributed by atoms with E-state index in [2.05, 4.69) is 31.4 Å². The number of para-hydroxylation sites is 4. The Morgan fingerprint density at radius 1 is 0.833 bits per heavy atom. The van der Waals surface area contributed by atoms with Crippen LogP contribution < -0.4 is 0 Å². The second kappa shape index (κ2) is 6.29. The predicted octanol–water partition coefficient (Wildman–Crippen LogP) is 3.63. The maximum absolute atomic E-state index is 4.66. The number of aromatic amines is 2. The molecule has 0 aliphatic heterocycles. The lowest BCUT2D eigenvalue weighted by molar-refractivity contribution is 0.274. The zero-order chi connectivity index (χ0) is 16.4. The van der Waals surface area contributed by atoms with E-state index in [4.69, 9.17) is 0 Å². The molecule has 2 aromatic carbocycles. The first-order valence-corrected chi connectivity index (χ1v) is 8.02. The number of nitrogens with zero attached hydrogens (tertiary/aromatic N) is 3. The molecule has 0 saturated heterocycles. The van der Waals surface area contributed by atoms with Crippen LogP contribution in [0.3, 0.4) is 0 Å². The molecule has 2 heterocycles. The highest BCUT2D eigenvalue weighted by molar-refractivity contribution is 5.75. The maximum atomic E-state index is 4.66. The number of rotatable bonds is 6. The Balaban J connectivity index is 1.55. The fourth-order valence-electron chi connectivity index (χ4n) is 2.95. The minimum Gasteiger partial charge on any atom is -0.341 e. The van der Waals surface area contributed by atoms with Crippen molar-refractivity contribution in [1.82, 2.24) is 24.8 Å². The molecule has 0 radical (unpaired) electrons. The zero-order valence-electron chi connectivity index (χ0n) is 13.4. The molecule has 0 bridgehead atoms. The van der Waals surface area contributed by atoms with Crippen molar-refractivity contribution >= 4 is 22.1 Å². The molecule has 4 aromatic rings. The van der Waals surface area contributed by atoms with Crippen molar-refractivity contribution in [2.24, 2.45) is 0 Å². The van der Waals surface area contributed by atoms with Crippen LogP contribution in [0.5, 0.6) is 0 Å². The number of hydrogen-bond acceptors (Lipinski definition) is 3. The van der Waals surface area contributed by atoms with Gasteiger partial charge in [-0.05, 0) is 24.3 Å². The molecule has 0 amide bonds. The van der Waals surface area contributed by atoms with E-state index >= 15 is 0 Å². The van der Waals surface area contributed by atoms with Gasteiger partial charge in [0.2, 0.25) is 0 Å². The summed E-state index contributed by atoms with van der Waals surface area (Å²) in [5.41, 5.74) is 4.12. The average Bonchev–Trinajstić information content (AvgIpc) is 3.17. The fourth-order valence-corrected chi connectivity index (χ4v) is 2.95. The summed E-state index contributed by atoms with van der Waals surface area (Å²) in [6.07, 6.45) is 1.91. The number of benzene rings is 2. The maximum Gasteiger partial charge on any atom is 0.121 e. The number of imidazole rings is 2. The molecular weight excluding hydrogens is 298 g/mol. The van der Waals surface area contributed by atoms with Crippen LogP contribution >= 0.6 is 0 Å². The van der Waals surface area contributed by atoms with Gasteiger partial charge >= 0.3 is 0 Å². The van der Waals surface area contributed by atoms with Gasteiger partial charge in [-0.3, -0.25) is 4.90 Å². The number of hydrogen-bond donors (Lipinski definition) is 2. The Morgan fingerprint density at radius 2 is 1.33 bits per heavy atom. The molecule has 24 heavy (non-hydrogen) atoms. The molecule has 0 atom stereocenters. The Kier molecular flexibility index (Phi) is 3.84. The molecule has 4 rings (SSSR count). The number of fused-ring (bicyclic) bond motifs is 2. The molecule has 0 aliphatic rings. The highest BCUT2D eigenvalue weighted by atomic mass is 15.2. The van der Waals surface area contributed by atoms with E-state index in [1.165, 1.54) is 0 Å². The van der Waals surface area contributed by atoms with Crippen LogP contribution in [0.4, 0.5) is 0 Å². The normalized spacial score (nSPS) is 11.5. The largest absolute Gasteiger partial charge is 0.341 e. The van der Waals surface area contributed by atoms with Gasteiger partial charge in [0, 0.05) is 6.54 Å². The Hall–Kier alpha value is -2.92. The summed E-state index contributed by atoms with van der Waals surface area (Å²) in [5, 5.41) is 0. The van der Waals surface area contributed by atoms with Gasteiger partial charge in [0.05, 0.1) is 35.2 Å². The summed E-state index contributed by atoms with van der Waals surface area (Å²) in [4.78, 5) is 18.3. The molecule has 0 aliphatic carbocycles. The van der Waals surface area contributed by atoms with Crippen molar-refractivity contribution in [3.63, 3.8) is 0 Å². The van der Waals surface area contributed by atoms with Gasteiger partial charge in [0.25, 0.3) is 0 Å². The van der Waals surface area contributed by atoms with Gasteiger partial charge in [0.1, 0.15) is 11.6 Å². The van der Waals surface area contributed by atoms with Crippen molar-refractivity contribution in [1.29, 1.82) is 0 Å².